The summed E-state index contributed by atoms with van der Waals surface area (Å²) in [4.78, 5) is 2.50. The van der Waals surface area contributed by atoms with E-state index in [2.05, 4.69) is 37.9 Å². The van der Waals surface area contributed by atoms with Crippen molar-refractivity contribution in [2.24, 2.45) is 0 Å². The summed E-state index contributed by atoms with van der Waals surface area (Å²) in [5, 5.41) is 0. The molecule has 0 aliphatic carbocycles. The predicted molar refractivity (Wildman–Crippen MR) is 60.8 cm³/mol. The van der Waals surface area contributed by atoms with Crippen LogP contribution in [0.5, 0.6) is 0 Å². The number of aryl methyl sites for hydroxylation is 1. The van der Waals surface area contributed by atoms with Gasteiger partial charge >= 0.3 is 0 Å². The van der Waals surface area contributed by atoms with Gasteiger partial charge in [0.2, 0.25) is 0 Å². The van der Waals surface area contributed by atoms with Crippen molar-refractivity contribution in [1.29, 1.82) is 0 Å². The van der Waals surface area contributed by atoms with Gasteiger partial charge in [0.05, 0.1) is 0 Å². The highest BCUT2D eigenvalue weighted by Crippen LogP contribution is 2.22. The molecule has 1 saturated heterocycles. The third-order valence-electron chi connectivity index (χ3n) is 2.81. The quantitative estimate of drug-likeness (QED) is 0.569. The molecule has 1 heterocycles. The molecule has 1 aliphatic heterocycles. The van der Waals surface area contributed by atoms with Crippen LogP contribution < -0.4 is 10.4 Å². The molecule has 1 nitrogen and oxygen atoms in total. The zero-order valence-corrected chi connectivity index (χ0v) is 8.51. The summed E-state index contributed by atoms with van der Waals surface area (Å²) < 4.78 is 0. The number of anilines is 1. The first-order valence-electron chi connectivity index (χ1n) is 5.09. The summed E-state index contributed by atoms with van der Waals surface area (Å²) in [6.45, 7) is 4.68. The Balaban J connectivity index is 2.32. The molecule has 0 radical (unpaired) electrons. The van der Waals surface area contributed by atoms with Crippen LogP contribution in [0, 0.1) is 6.92 Å². The lowest BCUT2D eigenvalue weighted by Gasteiger charge is -2.20. The Labute approximate surface area is 81.2 Å². The van der Waals surface area contributed by atoms with Crippen molar-refractivity contribution < 1.29 is 0 Å². The summed E-state index contributed by atoms with van der Waals surface area (Å²) in [6, 6.07) is 6.72. The van der Waals surface area contributed by atoms with Gasteiger partial charge in [-0.2, -0.15) is 0 Å². The molecule has 1 aromatic carbocycles. The second-order valence-electron chi connectivity index (χ2n) is 3.98. The van der Waals surface area contributed by atoms with E-state index in [9.17, 15) is 0 Å². The molecule has 0 saturated carbocycles. The number of rotatable bonds is 1. The molecule has 0 N–H and O–H groups in total. The zero-order chi connectivity index (χ0) is 9.26. The Bertz CT molecular complexity index is 303. The van der Waals surface area contributed by atoms with E-state index < -0.39 is 0 Å². The summed E-state index contributed by atoms with van der Waals surface area (Å²) in [5.74, 6) is 0. The highest BCUT2D eigenvalue weighted by atomic mass is 15.1. The Kier molecular flexibility index (Phi) is 2.30. The van der Waals surface area contributed by atoms with E-state index in [1.807, 2.05) is 0 Å². The average molecular weight is 173 g/mol. The molecule has 13 heavy (non-hydrogen) atoms. The van der Waals surface area contributed by atoms with Gasteiger partial charge in [-0.1, -0.05) is 17.6 Å². The first-order chi connectivity index (χ1) is 6.27. The Morgan fingerprint density at radius 3 is 2.62 bits per heavy atom. The Morgan fingerprint density at radius 2 is 1.92 bits per heavy atom. The average Bonchev–Trinajstić information content (AvgIpc) is 2.61. The number of hydrogen-bond donors (Lipinski definition) is 0. The van der Waals surface area contributed by atoms with Gasteiger partial charge in [-0.15, -0.1) is 0 Å². The minimum atomic E-state index is 1.24. The second-order valence-corrected chi connectivity index (χ2v) is 3.98. The van der Waals surface area contributed by atoms with Gasteiger partial charge in [0.1, 0.15) is 7.85 Å². The highest BCUT2D eigenvalue weighted by Gasteiger charge is 2.13. The maximum atomic E-state index is 2.50. The molecule has 0 aromatic heterocycles. The van der Waals surface area contributed by atoms with Crippen molar-refractivity contribution >= 4 is 19.0 Å². The SMILES string of the molecule is Bc1ccc(C)c(N2CCCC2)c1. The monoisotopic (exact) mass is 173 g/mol. The lowest BCUT2D eigenvalue weighted by molar-refractivity contribution is 0.949. The fraction of sp³-hybridized carbons (Fsp3) is 0.455. The van der Waals surface area contributed by atoms with Gasteiger partial charge in [0.25, 0.3) is 0 Å². The van der Waals surface area contributed by atoms with Crippen LogP contribution in [-0.2, 0) is 0 Å². The molecule has 2 rings (SSSR count). The van der Waals surface area contributed by atoms with E-state index >= 15 is 0 Å². The van der Waals surface area contributed by atoms with E-state index in [0.29, 0.717) is 0 Å². The molecule has 1 fully saturated rings. The molecule has 0 unspecified atom stereocenters. The Morgan fingerprint density at radius 1 is 1.23 bits per heavy atom. The number of benzene rings is 1. The molecular formula is C11H16BN. The van der Waals surface area contributed by atoms with Crippen LogP contribution in [0.15, 0.2) is 18.2 Å². The fourth-order valence-electron chi connectivity index (χ4n) is 2.02. The van der Waals surface area contributed by atoms with Crippen LogP contribution in [0.25, 0.3) is 0 Å². The van der Waals surface area contributed by atoms with Gasteiger partial charge in [0.15, 0.2) is 0 Å². The lowest BCUT2D eigenvalue weighted by atomic mass is 9.94. The molecule has 2 heteroatoms. The highest BCUT2D eigenvalue weighted by molar-refractivity contribution is 6.32. The normalized spacial score (nSPS) is 16.5. The first-order valence-corrected chi connectivity index (χ1v) is 5.09. The van der Waals surface area contributed by atoms with Gasteiger partial charge in [-0.05, 0) is 31.4 Å². The predicted octanol–water partition coefficient (Wildman–Crippen LogP) is 0.854. The maximum absolute atomic E-state index is 2.50. The van der Waals surface area contributed by atoms with Crippen LogP contribution in [0.2, 0.25) is 0 Å². The van der Waals surface area contributed by atoms with Gasteiger partial charge in [0, 0.05) is 18.8 Å². The van der Waals surface area contributed by atoms with Crippen LogP contribution in [0.3, 0.4) is 0 Å². The van der Waals surface area contributed by atoms with Gasteiger partial charge < -0.3 is 4.90 Å². The van der Waals surface area contributed by atoms with Crippen molar-refractivity contribution in [2.75, 3.05) is 18.0 Å². The molecule has 0 bridgehead atoms. The molecule has 0 atom stereocenters. The van der Waals surface area contributed by atoms with Crippen molar-refractivity contribution in [3.8, 4) is 0 Å². The van der Waals surface area contributed by atoms with E-state index in [0.717, 1.165) is 0 Å². The summed E-state index contributed by atoms with van der Waals surface area (Å²) in [6.07, 6.45) is 2.71. The molecule has 1 aromatic rings. The van der Waals surface area contributed by atoms with Crippen LogP contribution >= 0.6 is 0 Å². The third-order valence-corrected chi connectivity index (χ3v) is 2.81. The standard InChI is InChI=1S/C11H16BN/c1-9-4-5-10(12)8-11(9)13-6-2-3-7-13/h4-5,8H,2-3,6-7,12H2,1H3. The van der Waals surface area contributed by atoms with Crippen molar-refractivity contribution in [2.45, 2.75) is 19.8 Å². The smallest absolute Gasteiger partial charge is 0.139 e. The number of hydrogen-bond acceptors (Lipinski definition) is 1. The van der Waals surface area contributed by atoms with Crippen molar-refractivity contribution in [1.82, 2.24) is 0 Å². The zero-order valence-electron chi connectivity index (χ0n) is 8.51. The van der Waals surface area contributed by atoms with Crippen molar-refractivity contribution in [3.05, 3.63) is 23.8 Å². The van der Waals surface area contributed by atoms with E-state index in [-0.39, 0.29) is 0 Å². The molecule has 1 aliphatic rings. The minimum absolute atomic E-state index is 1.24. The molecule has 0 spiro atoms. The second kappa shape index (κ2) is 3.45. The molecule has 0 amide bonds. The summed E-state index contributed by atoms with van der Waals surface area (Å²) in [7, 11) is 2.17. The fourth-order valence-corrected chi connectivity index (χ4v) is 2.02. The van der Waals surface area contributed by atoms with Gasteiger partial charge in [-0.25, -0.2) is 0 Å². The van der Waals surface area contributed by atoms with Crippen LogP contribution in [0.4, 0.5) is 5.69 Å². The van der Waals surface area contributed by atoms with E-state index in [1.54, 1.807) is 0 Å². The van der Waals surface area contributed by atoms with Crippen molar-refractivity contribution in [3.63, 3.8) is 0 Å². The summed E-state index contributed by atoms with van der Waals surface area (Å²) >= 11 is 0. The van der Waals surface area contributed by atoms with Gasteiger partial charge in [-0.3, -0.25) is 0 Å². The van der Waals surface area contributed by atoms with E-state index in [1.165, 1.54) is 42.6 Å². The van der Waals surface area contributed by atoms with Crippen LogP contribution in [-0.4, -0.2) is 20.9 Å². The maximum Gasteiger partial charge on any atom is 0.139 e. The minimum Gasteiger partial charge on any atom is -0.371 e. The Hall–Kier alpha value is -0.915. The molecular weight excluding hydrogens is 157 g/mol. The topological polar surface area (TPSA) is 3.24 Å². The van der Waals surface area contributed by atoms with E-state index in [4.69, 9.17) is 0 Å². The first kappa shape index (κ1) is 8.67. The summed E-state index contributed by atoms with van der Waals surface area (Å²) in [5.41, 5.74) is 4.22. The third kappa shape index (κ3) is 1.72. The molecule has 68 valence electrons. The van der Waals surface area contributed by atoms with Crippen LogP contribution in [0.1, 0.15) is 18.4 Å². The number of nitrogens with zero attached hydrogens (tertiary/aromatic N) is 1. The lowest BCUT2D eigenvalue weighted by Crippen LogP contribution is -2.20. The largest absolute Gasteiger partial charge is 0.371 e.